The van der Waals surface area contributed by atoms with E-state index in [0.29, 0.717) is 6.54 Å². The van der Waals surface area contributed by atoms with Gasteiger partial charge < -0.3 is 5.73 Å². The first kappa shape index (κ1) is 11.9. The monoisotopic (exact) mass is 221 g/mol. The topological polar surface area (TPSA) is 75.4 Å². The number of nitrogens with zero attached hydrogens (tertiary/aromatic N) is 1. The molecule has 3 N–H and O–H groups in total. The molecule has 0 aromatic heterocycles. The maximum absolute atomic E-state index is 11.7. The van der Waals surface area contributed by atoms with Crippen LogP contribution in [0.4, 0.5) is 0 Å². The van der Waals surface area contributed by atoms with Crippen LogP contribution < -0.4 is 10.5 Å². The second-order valence-electron chi connectivity index (χ2n) is 4.20. The smallest absolute Gasteiger partial charge is 0.279 e. The average molecular weight is 221 g/mol. The largest absolute Gasteiger partial charge is 0.329 e. The first-order valence-electron chi connectivity index (χ1n) is 4.80. The van der Waals surface area contributed by atoms with Gasteiger partial charge in [-0.1, -0.05) is 0 Å². The standard InChI is InChI=1S/C8H19N3O2S/c1-7(2)11(3)14(12,13)10-8(6-9)4-5-8/h7,10H,4-6,9H2,1-3H3. The fourth-order valence-electron chi connectivity index (χ4n) is 1.12. The van der Waals surface area contributed by atoms with Gasteiger partial charge in [-0.25, -0.2) is 0 Å². The zero-order valence-corrected chi connectivity index (χ0v) is 9.76. The van der Waals surface area contributed by atoms with E-state index in [1.54, 1.807) is 7.05 Å². The number of nitrogens with one attached hydrogen (secondary N) is 1. The van der Waals surface area contributed by atoms with Gasteiger partial charge in [0.15, 0.2) is 0 Å². The molecular weight excluding hydrogens is 202 g/mol. The fourth-order valence-corrected chi connectivity index (χ4v) is 2.66. The van der Waals surface area contributed by atoms with E-state index in [9.17, 15) is 8.42 Å². The fraction of sp³-hybridized carbons (Fsp3) is 1.00. The number of hydrogen-bond donors (Lipinski definition) is 2. The summed E-state index contributed by atoms with van der Waals surface area (Å²) in [7, 11) is -1.79. The van der Waals surface area contributed by atoms with Crippen molar-refractivity contribution in [2.75, 3.05) is 13.6 Å². The molecule has 14 heavy (non-hydrogen) atoms. The van der Waals surface area contributed by atoms with Gasteiger partial charge in [-0.2, -0.15) is 17.4 Å². The molecule has 1 aliphatic carbocycles. The average Bonchev–Trinajstić information content (AvgIpc) is 2.83. The Hall–Kier alpha value is -0.170. The second kappa shape index (κ2) is 3.77. The summed E-state index contributed by atoms with van der Waals surface area (Å²) in [6.07, 6.45) is 1.68. The van der Waals surface area contributed by atoms with Crippen LogP contribution in [-0.4, -0.2) is 37.9 Å². The van der Waals surface area contributed by atoms with Gasteiger partial charge in [-0.15, -0.1) is 0 Å². The van der Waals surface area contributed by atoms with Gasteiger partial charge in [0.05, 0.1) is 0 Å². The van der Waals surface area contributed by atoms with Crippen LogP contribution in [-0.2, 0) is 10.2 Å². The Bertz CT molecular complexity index is 296. The number of nitrogens with two attached hydrogens (primary N) is 1. The molecule has 0 unspecified atom stereocenters. The van der Waals surface area contributed by atoms with Crippen molar-refractivity contribution in [3.8, 4) is 0 Å². The molecule has 6 heteroatoms. The van der Waals surface area contributed by atoms with E-state index in [1.165, 1.54) is 4.31 Å². The molecule has 0 aromatic rings. The summed E-state index contributed by atoms with van der Waals surface area (Å²) in [5.74, 6) is 0. The van der Waals surface area contributed by atoms with E-state index in [0.717, 1.165) is 12.8 Å². The van der Waals surface area contributed by atoms with Crippen LogP contribution in [0.5, 0.6) is 0 Å². The Morgan fingerprint density at radius 2 is 2.00 bits per heavy atom. The molecule has 0 heterocycles. The van der Waals surface area contributed by atoms with Crippen molar-refractivity contribution < 1.29 is 8.42 Å². The van der Waals surface area contributed by atoms with Crippen LogP contribution in [0.15, 0.2) is 0 Å². The summed E-state index contributed by atoms with van der Waals surface area (Å²) in [5.41, 5.74) is 5.15. The van der Waals surface area contributed by atoms with Crippen molar-refractivity contribution in [3.63, 3.8) is 0 Å². The van der Waals surface area contributed by atoms with E-state index in [-0.39, 0.29) is 11.6 Å². The highest BCUT2D eigenvalue weighted by Crippen LogP contribution is 2.35. The molecule has 0 spiro atoms. The highest BCUT2D eigenvalue weighted by Gasteiger charge is 2.45. The van der Waals surface area contributed by atoms with Crippen LogP contribution >= 0.6 is 0 Å². The lowest BCUT2D eigenvalue weighted by Gasteiger charge is -2.24. The number of hydrogen-bond acceptors (Lipinski definition) is 3. The van der Waals surface area contributed by atoms with E-state index >= 15 is 0 Å². The first-order chi connectivity index (χ1) is 6.33. The number of rotatable bonds is 5. The van der Waals surface area contributed by atoms with Crippen LogP contribution in [0.2, 0.25) is 0 Å². The lowest BCUT2D eigenvalue weighted by molar-refractivity contribution is 0.394. The normalized spacial score (nSPS) is 20.4. The minimum absolute atomic E-state index is 0.0407. The van der Waals surface area contributed by atoms with Gasteiger partial charge in [0.25, 0.3) is 10.2 Å². The third-order valence-electron chi connectivity index (χ3n) is 2.70. The molecule has 0 bridgehead atoms. The van der Waals surface area contributed by atoms with Crippen LogP contribution in [0, 0.1) is 0 Å². The Kier molecular flexibility index (Phi) is 3.20. The van der Waals surface area contributed by atoms with Crippen molar-refractivity contribution in [2.45, 2.75) is 38.3 Å². The molecule has 0 radical (unpaired) electrons. The third kappa shape index (κ3) is 2.44. The van der Waals surface area contributed by atoms with Gasteiger partial charge in [0, 0.05) is 25.2 Å². The molecule has 1 saturated carbocycles. The lowest BCUT2D eigenvalue weighted by Crippen LogP contribution is -2.50. The van der Waals surface area contributed by atoms with Crippen molar-refractivity contribution in [3.05, 3.63) is 0 Å². The first-order valence-corrected chi connectivity index (χ1v) is 6.24. The van der Waals surface area contributed by atoms with Crippen LogP contribution in [0.25, 0.3) is 0 Å². The maximum atomic E-state index is 11.7. The molecule has 0 aliphatic heterocycles. The lowest BCUT2D eigenvalue weighted by atomic mass is 10.3. The predicted molar refractivity (Wildman–Crippen MR) is 56.0 cm³/mol. The van der Waals surface area contributed by atoms with Crippen molar-refractivity contribution >= 4 is 10.2 Å². The summed E-state index contributed by atoms with van der Waals surface area (Å²) in [6, 6.07) is -0.0407. The maximum Gasteiger partial charge on any atom is 0.279 e. The summed E-state index contributed by atoms with van der Waals surface area (Å²) < 4.78 is 27.5. The Balaban J connectivity index is 2.67. The molecule has 0 aromatic carbocycles. The molecule has 0 saturated heterocycles. The molecule has 1 fully saturated rings. The SMILES string of the molecule is CC(C)N(C)S(=O)(=O)NC1(CN)CC1. The third-order valence-corrected chi connectivity index (χ3v) is 4.57. The van der Waals surface area contributed by atoms with Crippen molar-refractivity contribution in [2.24, 2.45) is 5.73 Å². The highest BCUT2D eigenvalue weighted by atomic mass is 32.2. The molecule has 1 aliphatic rings. The van der Waals surface area contributed by atoms with Gasteiger partial charge in [-0.3, -0.25) is 0 Å². The summed E-state index contributed by atoms with van der Waals surface area (Å²) in [5, 5.41) is 0. The molecule has 5 nitrogen and oxygen atoms in total. The Morgan fingerprint density at radius 3 is 2.29 bits per heavy atom. The molecule has 84 valence electrons. The Labute approximate surface area is 85.8 Å². The molecular formula is C8H19N3O2S. The minimum atomic E-state index is -3.36. The van der Waals surface area contributed by atoms with Crippen LogP contribution in [0.1, 0.15) is 26.7 Å². The zero-order chi connectivity index (χ0) is 11.0. The van der Waals surface area contributed by atoms with Gasteiger partial charge >= 0.3 is 0 Å². The second-order valence-corrected chi connectivity index (χ2v) is 5.93. The predicted octanol–water partition coefficient (Wildman–Crippen LogP) is -0.348. The van der Waals surface area contributed by atoms with E-state index < -0.39 is 10.2 Å². The summed E-state index contributed by atoms with van der Waals surface area (Å²) in [4.78, 5) is 0. The zero-order valence-electron chi connectivity index (χ0n) is 8.95. The van der Waals surface area contributed by atoms with E-state index in [2.05, 4.69) is 4.72 Å². The van der Waals surface area contributed by atoms with Gasteiger partial charge in [0.2, 0.25) is 0 Å². The molecule has 1 rings (SSSR count). The molecule has 0 amide bonds. The quantitative estimate of drug-likeness (QED) is 0.666. The minimum Gasteiger partial charge on any atom is -0.329 e. The van der Waals surface area contributed by atoms with E-state index in [1.807, 2.05) is 13.8 Å². The van der Waals surface area contributed by atoms with Crippen LogP contribution in [0.3, 0.4) is 0 Å². The van der Waals surface area contributed by atoms with Crippen molar-refractivity contribution in [1.82, 2.24) is 9.03 Å². The highest BCUT2D eigenvalue weighted by molar-refractivity contribution is 7.87. The van der Waals surface area contributed by atoms with Gasteiger partial charge in [0.1, 0.15) is 0 Å². The Morgan fingerprint density at radius 1 is 1.50 bits per heavy atom. The summed E-state index contributed by atoms with van der Waals surface area (Å²) in [6.45, 7) is 4.04. The van der Waals surface area contributed by atoms with E-state index in [4.69, 9.17) is 5.73 Å². The summed E-state index contributed by atoms with van der Waals surface area (Å²) >= 11 is 0. The van der Waals surface area contributed by atoms with Crippen molar-refractivity contribution in [1.29, 1.82) is 0 Å². The van der Waals surface area contributed by atoms with Gasteiger partial charge in [-0.05, 0) is 26.7 Å². The molecule has 0 atom stereocenters.